The largest absolute Gasteiger partial charge is 0 e. The Bertz CT molecular complexity index is 179. The van der Waals surface area contributed by atoms with Gasteiger partial charge in [0, 0.05) is 37.5 Å². The molecule has 0 fully saturated rings. The second kappa shape index (κ2) is 3360. The predicted octanol–water partition coefficient (Wildman–Crippen LogP) is -0.380. The van der Waals surface area contributed by atoms with E-state index in [0.29, 0.717) is 0 Å². The van der Waals surface area contributed by atoms with E-state index in [1.807, 2.05) is 0 Å². The van der Waals surface area contributed by atoms with Crippen LogP contribution in [0.3, 0.4) is 0 Å². The van der Waals surface area contributed by atoms with Crippen molar-refractivity contribution < 1.29 is 84.0 Å². The Morgan fingerprint density at radius 1 is 0.227 bits per heavy atom. The number of hydrogen-bond donors (Lipinski definition) is 0. The van der Waals surface area contributed by atoms with E-state index in [2.05, 4.69) is 66.5 Å². The van der Waals surface area contributed by atoms with E-state index in [-0.39, 0.29) is 37.5 Å². The molecule has 12 heteroatoms. The van der Waals surface area contributed by atoms with E-state index in [4.69, 9.17) is 46.5 Å². The van der Waals surface area contributed by atoms with E-state index < -0.39 is 0 Å². The van der Waals surface area contributed by atoms with Gasteiger partial charge in [-0.15, -0.1) is 0 Å². The van der Waals surface area contributed by atoms with Crippen molar-refractivity contribution in [3.63, 3.8) is 0 Å². The van der Waals surface area contributed by atoms with Crippen LogP contribution in [0.4, 0.5) is 0 Å². The van der Waals surface area contributed by atoms with Gasteiger partial charge in [-0.25, -0.2) is 0 Å². The Balaban J connectivity index is -0.00000000500. The molecular weight excluding hydrogens is 521 g/mol. The van der Waals surface area contributed by atoms with Crippen molar-refractivity contribution in [2.45, 2.75) is 0 Å². The zero-order valence-corrected chi connectivity index (χ0v) is 13.7. The summed E-state index contributed by atoms with van der Waals surface area (Å²) in [6.07, 6.45) is 0. The molecule has 0 aliphatic heterocycles. The molecule has 0 aliphatic rings. The van der Waals surface area contributed by atoms with Crippen molar-refractivity contribution in [1.29, 1.82) is 0 Å². The summed E-state index contributed by atoms with van der Waals surface area (Å²) in [7, 11) is 0. The van der Waals surface area contributed by atoms with Crippen LogP contribution in [0.2, 0.25) is 0 Å². The molecule has 10 nitrogen and oxygen atoms in total. The van der Waals surface area contributed by atoms with Crippen LogP contribution in [0.5, 0.6) is 0 Å². The predicted molar refractivity (Wildman–Crippen MR) is 39.3 cm³/mol. The first kappa shape index (κ1) is 107. The van der Waals surface area contributed by atoms with Crippen molar-refractivity contribution in [3.05, 3.63) is 66.5 Å². The Morgan fingerprint density at radius 2 is 0.227 bits per heavy atom. The molecule has 0 saturated heterocycles. The summed E-state index contributed by atoms with van der Waals surface area (Å²) >= 11 is 0. The summed E-state index contributed by atoms with van der Waals surface area (Å²) < 4.78 is 75.0. The molecule has 0 unspecified atom stereocenters. The molecule has 0 N–H and O–H groups in total. The van der Waals surface area contributed by atoms with Gasteiger partial charge in [0.05, 0.1) is 0 Å². The molecule has 114 valence electrons. The smallest absolute Gasteiger partial charge is 0 e. The van der Waals surface area contributed by atoms with Crippen LogP contribution in [-0.2, 0) is 84.0 Å². The molecule has 0 spiro atoms. The molecule has 22 heavy (non-hydrogen) atoms. The summed E-state index contributed by atoms with van der Waals surface area (Å²) in [4.78, 5) is 0. The molecule has 0 aromatic heterocycles. The van der Waals surface area contributed by atoms with E-state index in [1.54, 1.807) is 0 Å². The van der Waals surface area contributed by atoms with Crippen molar-refractivity contribution >= 4 is 0 Å². The number of hydrogen-bond acceptors (Lipinski definition) is 0. The van der Waals surface area contributed by atoms with E-state index in [0.717, 1.165) is 0 Å². The SMILES string of the molecule is [C-]#[O+].[C-]#[O+].[C-]#[O+].[C-]#[O+].[C-]#[O+].[C-]#[O+].[C-]#[O+].[C-]#[O+].[C-]#[O+].[C-]#[O+].[Mn].[Re]. The van der Waals surface area contributed by atoms with Gasteiger partial charge in [0.15, 0.2) is 0 Å². The van der Waals surface area contributed by atoms with Gasteiger partial charge in [0.2, 0.25) is 0 Å². The summed E-state index contributed by atoms with van der Waals surface area (Å²) in [6.45, 7) is 45.0. The fraction of sp³-hybridized carbons (Fsp3) is 0. The van der Waals surface area contributed by atoms with Crippen LogP contribution in [0.15, 0.2) is 0 Å². The van der Waals surface area contributed by atoms with Gasteiger partial charge in [0.1, 0.15) is 0 Å². The topological polar surface area (TPSA) is 199 Å². The van der Waals surface area contributed by atoms with Crippen LogP contribution in [-0.4, -0.2) is 0 Å². The van der Waals surface area contributed by atoms with Crippen LogP contribution in [0.25, 0.3) is 0 Å². The minimum Gasteiger partial charge on any atom is 0 e. The quantitative estimate of drug-likeness (QED) is 0.228. The first-order chi connectivity index (χ1) is 10.0. The van der Waals surface area contributed by atoms with Crippen molar-refractivity contribution in [2.75, 3.05) is 0 Å². The molecule has 0 saturated carbocycles. The van der Waals surface area contributed by atoms with Gasteiger partial charge in [-0.2, -0.15) is 0 Å². The standard InChI is InChI=1S/10CO.Mn.Re/c10*1-2;;. The first-order valence-corrected chi connectivity index (χ1v) is 2.04. The van der Waals surface area contributed by atoms with E-state index in [9.17, 15) is 0 Å². The maximum atomic E-state index is 7.50. The molecule has 0 atom stereocenters. The molecule has 0 bridgehead atoms. The summed E-state index contributed by atoms with van der Waals surface area (Å²) in [5, 5.41) is 0. The zero-order chi connectivity index (χ0) is 20.0. The molecule has 0 heterocycles. The normalized spacial score (nSPS) is 0.909. The van der Waals surface area contributed by atoms with Gasteiger partial charge in [0.25, 0.3) is 0 Å². The van der Waals surface area contributed by atoms with Crippen LogP contribution < -0.4 is 0 Å². The molecule has 0 aromatic carbocycles. The van der Waals surface area contributed by atoms with E-state index >= 15 is 0 Å². The Labute approximate surface area is 150 Å². The van der Waals surface area contributed by atoms with Crippen molar-refractivity contribution in [2.24, 2.45) is 0 Å². The van der Waals surface area contributed by atoms with E-state index in [1.165, 1.54) is 0 Å². The maximum absolute atomic E-state index is 7.50. The van der Waals surface area contributed by atoms with Gasteiger partial charge >= 0.3 is 113 Å². The minimum atomic E-state index is 0. The average Bonchev–Trinajstić information content (AvgIpc) is 2.71. The van der Waals surface area contributed by atoms with Crippen LogP contribution >= 0.6 is 0 Å². The molecular formula is C10MnO10Re. The summed E-state index contributed by atoms with van der Waals surface area (Å²) in [5.41, 5.74) is 0. The minimum absolute atomic E-state index is 0. The van der Waals surface area contributed by atoms with Gasteiger partial charge in [-0.05, 0) is 0 Å². The van der Waals surface area contributed by atoms with Gasteiger partial charge in [-0.3, -0.25) is 0 Å². The Morgan fingerprint density at radius 3 is 0.227 bits per heavy atom. The second-order valence-corrected chi connectivity index (χ2v) is 0. The van der Waals surface area contributed by atoms with Crippen LogP contribution in [0.1, 0.15) is 0 Å². The Kier molecular flexibility index (Phi) is 16400. The van der Waals surface area contributed by atoms with Gasteiger partial charge < -0.3 is 0 Å². The third-order valence-corrected chi connectivity index (χ3v) is 0. The third-order valence-electron chi connectivity index (χ3n) is 0. The summed E-state index contributed by atoms with van der Waals surface area (Å²) in [5.74, 6) is 0. The van der Waals surface area contributed by atoms with Crippen molar-refractivity contribution in [1.82, 2.24) is 0 Å². The molecule has 2 radical (unpaired) electrons. The molecule has 0 aromatic rings. The second-order valence-electron chi connectivity index (χ2n) is 0. The monoisotopic (exact) mass is 522 g/mol. The average molecular weight is 521 g/mol. The number of rotatable bonds is 0. The third kappa shape index (κ3) is 2860. The summed E-state index contributed by atoms with van der Waals surface area (Å²) in [6, 6.07) is 0. The molecule has 0 amide bonds. The van der Waals surface area contributed by atoms with Crippen LogP contribution in [0, 0.1) is 66.5 Å². The fourth-order valence-electron chi connectivity index (χ4n) is 0. The zero-order valence-electron chi connectivity index (χ0n) is 9.84. The maximum Gasteiger partial charge on any atom is 0 e. The van der Waals surface area contributed by atoms with Gasteiger partial charge in [-0.1, -0.05) is 0 Å². The first-order valence-electron chi connectivity index (χ1n) is 2.04. The molecule has 0 aliphatic carbocycles. The Hall–Kier alpha value is -1.42. The van der Waals surface area contributed by atoms with Crippen molar-refractivity contribution in [3.8, 4) is 0 Å². The fourth-order valence-corrected chi connectivity index (χ4v) is 0. The molecule has 0 rings (SSSR count).